The monoisotopic (exact) mass is 344 g/mol. The zero-order valence-electron chi connectivity index (χ0n) is 13.6. The Morgan fingerprint density at radius 1 is 1.12 bits per heavy atom. The Morgan fingerprint density at radius 3 is 2.54 bits per heavy atom. The first-order chi connectivity index (χ1) is 11.6. The van der Waals surface area contributed by atoms with E-state index in [0.717, 1.165) is 48.6 Å². The maximum atomic E-state index is 13.4. The molecule has 0 amide bonds. The molecular formula is C20H22ClFN2. The van der Waals surface area contributed by atoms with Crippen molar-refractivity contribution in [3.63, 3.8) is 0 Å². The van der Waals surface area contributed by atoms with Crippen molar-refractivity contribution in [2.45, 2.75) is 18.8 Å². The van der Waals surface area contributed by atoms with Crippen LogP contribution in [0.4, 0.5) is 10.1 Å². The summed E-state index contributed by atoms with van der Waals surface area (Å²) in [6.07, 6.45) is 6.33. The number of benzene rings is 2. The summed E-state index contributed by atoms with van der Waals surface area (Å²) in [5.41, 5.74) is 8.83. The molecule has 0 unspecified atom stereocenters. The third-order valence-corrected chi connectivity index (χ3v) is 4.87. The highest BCUT2D eigenvalue weighted by Gasteiger charge is 2.21. The molecule has 0 saturated carbocycles. The predicted octanol–water partition coefficient (Wildman–Crippen LogP) is 4.95. The summed E-state index contributed by atoms with van der Waals surface area (Å²) < 4.78 is 13.4. The van der Waals surface area contributed by atoms with Crippen molar-refractivity contribution in [2.75, 3.05) is 25.4 Å². The van der Waals surface area contributed by atoms with Gasteiger partial charge in [0.25, 0.3) is 0 Å². The molecular weight excluding hydrogens is 323 g/mol. The molecule has 0 radical (unpaired) electrons. The molecule has 0 bridgehead atoms. The van der Waals surface area contributed by atoms with Crippen LogP contribution in [0, 0.1) is 5.82 Å². The second kappa shape index (κ2) is 7.82. The van der Waals surface area contributed by atoms with Gasteiger partial charge in [-0.25, -0.2) is 4.39 Å². The Labute approximate surface area is 147 Å². The van der Waals surface area contributed by atoms with Crippen LogP contribution in [0.2, 0.25) is 5.02 Å². The van der Waals surface area contributed by atoms with Crippen LogP contribution in [0.15, 0.2) is 48.5 Å². The first-order valence-corrected chi connectivity index (χ1v) is 8.69. The zero-order chi connectivity index (χ0) is 16.9. The van der Waals surface area contributed by atoms with Gasteiger partial charge in [0, 0.05) is 17.3 Å². The van der Waals surface area contributed by atoms with Crippen LogP contribution < -0.4 is 5.73 Å². The number of nitrogen functional groups attached to an aromatic ring is 1. The minimum Gasteiger partial charge on any atom is -0.398 e. The summed E-state index contributed by atoms with van der Waals surface area (Å²) in [7, 11) is 0. The highest BCUT2D eigenvalue weighted by atomic mass is 35.5. The lowest BCUT2D eigenvalue weighted by Gasteiger charge is -2.32. The zero-order valence-corrected chi connectivity index (χ0v) is 14.3. The Balaban J connectivity index is 1.52. The molecule has 0 atom stereocenters. The van der Waals surface area contributed by atoms with E-state index >= 15 is 0 Å². The number of hydrogen-bond acceptors (Lipinski definition) is 2. The third-order valence-electron chi connectivity index (χ3n) is 4.62. The summed E-state index contributed by atoms with van der Waals surface area (Å²) in [6, 6.07) is 12.5. The van der Waals surface area contributed by atoms with Gasteiger partial charge < -0.3 is 5.73 Å². The maximum absolute atomic E-state index is 13.4. The number of hydrogen-bond donors (Lipinski definition) is 1. The Bertz CT molecular complexity index is 704. The molecule has 1 saturated heterocycles. The van der Waals surface area contributed by atoms with E-state index in [2.05, 4.69) is 17.1 Å². The normalized spacial score (nSPS) is 16.8. The number of likely N-dealkylation sites (tertiary alicyclic amines) is 1. The van der Waals surface area contributed by atoms with Crippen LogP contribution in [0.5, 0.6) is 0 Å². The van der Waals surface area contributed by atoms with Gasteiger partial charge in [-0.2, -0.15) is 0 Å². The minimum atomic E-state index is -0.201. The molecule has 4 heteroatoms. The molecule has 1 aliphatic heterocycles. The number of piperidine rings is 1. The van der Waals surface area contributed by atoms with Gasteiger partial charge in [0.1, 0.15) is 5.82 Å². The molecule has 0 aliphatic carbocycles. The summed E-state index contributed by atoms with van der Waals surface area (Å²) in [5.74, 6) is 0.157. The van der Waals surface area contributed by atoms with E-state index in [1.165, 1.54) is 6.07 Å². The fourth-order valence-electron chi connectivity index (χ4n) is 3.24. The fraction of sp³-hybridized carbons (Fsp3) is 0.300. The molecule has 2 nitrogen and oxygen atoms in total. The van der Waals surface area contributed by atoms with Gasteiger partial charge in [0.05, 0.1) is 0 Å². The van der Waals surface area contributed by atoms with Gasteiger partial charge in [-0.1, -0.05) is 35.9 Å². The molecule has 1 aliphatic rings. The molecule has 2 aromatic rings. The predicted molar refractivity (Wildman–Crippen MR) is 99.7 cm³/mol. The first kappa shape index (κ1) is 17.0. The number of rotatable bonds is 4. The van der Waals surface area contributed by atoms with Crippen molar-refractivity contribution < 1.29 is 4.39 Å². The summed E-state index contributed by atoms with van der Waals surface area (Å²) in [4.78, 5) is 2.42. The molecule has 1 heterocycles. The lowest BCUT2D eigenvalue weighted by Crippen LogP contribution is -2.33. The van der Waals surface area contributed by atoms with Gasteiger partial charge in [0.2, 0.25) is 0 Å². The van der Waals surface area contributed by atoms with Crippen LogP contribution in [0.25, 0.3) is 6.08 Å². The van der Waals surface area contributed by atoms with Gasteiger partial charge in [0.15, 0.2) is 0 Å². The van der Waals surface area contributed by atoms with E-state index in [1.54, 1.807) is 12.1 Å². The Kier molecular flexibility index (Phi) is 5.54. The first-order valence-electron chi connectivity index (χ1n) is 8.31. The SMILES string of the molecule is Nc1ccc(F)cc1C1CCN(CC=Cc2ccc(Cl)cc2)CC1. The molecule has 2 N–H and O–H groups in total. The average Bonchev–Trinajstić information content (AvgIpc) is 2.59. The molecule has 3 rings (SSSR count). The van der Waals surface area contributed by atoms with Crippen LogP contribution >= 0.6 is 11.6 Å². The fourth-order valence-corrected chi connectivity index (χ4v) is 3.36. The Hall–Kier alpha value is -1.84. The molecule has 0 aromatic heterocycles. The largest absolute Gasteiger partial charge is 0.398 e. The summed E-state index contributed by atoms with van der Waals surface area (Å²) in [5, 5.41) is 0.755. The van der Waals surface area contributed by atoms with Crippen molar-refractivity contribution in [1.29, 1.82) is 0 Å². The van der Waals surface area contributed by atoms with Gasteiger partial charge in [-0.3, -0.25) is 4.90 Å². The Morgan fingerprint density at radius 2 is 1.83 bits per heavy atom. The van der Waals surface area contributed by atoms with E-state index in [1.807, 2.05) is 24.3 Å². The lowest BCUT2D eigenvalue weighted by atomic mass is 9.88. The standard InChI is InChI=1S/C20H22ClFN2/c21-17-5-3-15(4-6-17)2-1-11-24-12-9-16(10-13-24)19-14-18(22)7-8-20(19)23/h1-8,14,16H,9-13,23H2. The van der Waals surface area contributed by atoms with Crippen molar-refractivity contribution in [3.05, 3.63) is 70.5 Å². The number of nitrogens with zero attached hydrogens (tertiary/aromatic N) is 1. The summed E-state index contributed by atoms with van der Waals surface area (Å²) in [6.45, 7) is 2.94. The highest BCUT2D eigenvalue weighted by molar-refractivity contribution is 6.30. The number of nitrogens with two attached hydrogens (primary N) is 1. The second-order valence-electron chi connectivity index (χ2n) is 6.30. The van der Waals surface area contributed by atoms with E-state index in [-0.39, 0.29) is 5.82 Å². The smallest absolute Gasteiger partial charge is 0.123 e. The van der Waals surface area contributed by atoms with Crippen molar-refractivity contribution in [2.24, 2.45) is 0 Å². The quantitative estimate of drug-likeness (QED) is 0.795. The van der Waals surface area contributed by atoms with Crippen LogP contribution in [-0.2, 0) is 0 Å². The van der Waals surface area contributed by atoms with E-state index in [4.69, 9.17) is 17.3 Å². The van der Waals surface area contributed by atoms with Crippen LogP contribution in [0.3, 0.4) is 0 Å². The van der Waals surface area contributed by atoms with Crippen molar-refractivity contribution in [1.82, 2.24) is 4.90 Å². The minimum absolute atomic E-state index is 0.201. The lowest BCUT2D eigenvalue weighted by molar-refractivity contribution is 0.233. The third kappa shape index (κ3) is 4.37. The van der Waals surface area contributed by atoms with E-state index in [9.17, 15) is 4.39 Å². The van der Waals surface area contributed by atoms with E-state index < -0.39 is 0 Å². The van der Waals surface area contributed by atoms with Crippen molar-refractivity contribution >= 4 is 23.4 Å². The molecule has 2 aromatic carbocycles. The molecule has 126 valence electrons. The van der Waals surface area contributed by atoms with E-state index in [0.29, 0.717) is 11.6 Å². The molecule has 24 heavy (non-hydrogen) atoms. The van der Waals surface area contributed by atoms with Crippen molar-refractivity contribution in [3.8, 4) is 0 Å². The van der Waals surface area contributed by atoms with Gasteiger partial charge in [-0.05, 0) is 73.3 Å². The molecule has 0 spiro atoms. The topological polar surface area (TPSA) is 29.3 Å². The van der Waals surface area contributed by atoms with Gasteiger partial charge in [-0.15, -0.1) is 0 Å². The summed E-state index contributed by atoms with van der Waals surface area (Å²) >= 11 is 5.89. The second-order valence-corrected chi connectivity index (χ2v) is 6.74. The number of anilines is 1. The van der Waals surface area contributed by atoms with Crippen LogP contribution in [-0.4, -0.2) is 24.5 Å². The maximum Gasteiger partial charge on any atom is 0.123 e. The average molecular weight is 345 g/mol. The molecule has 1 fully saturated rings. The highest BCUT2D eigenvalue weighted by Crippen LogP contribution is 2.32. The van der Waals surface area contributed by atoms with Crippen LogP contribution in [0.1, 0.15) is 29.9 Å². The number of halogens is 2. The van der Waals surface area contributed by atoms with Gasteiger partial charge >= 0.3 is 0 Å².